The van der Waals surface area contributed by atoms with Crippen LogP contribution in [0.1, 0.15) is 25.5 Å². The monoisotopic (exact) mass is 588 g/mol. The van der Waals surface area contributed by atoms with E-state index < -0.39 is 21.9 Å². The number of sulfonamides is 1. The molecule has 1 N–H and O–H groups in total. The van der Waals surface area contributed by atoms with Gasteiger partial charge in [0.05, 0.1) is 32.6 Å². The second kappa shape index (κ2) is 11.5. The van der Waals surface area contributed by atoms with Gasteiger partial charge in [-0.1, -0.05) is 23.7 Å². The fraction of sp³-hybridized carbons (Fsp3) is 0.385. The number of imidazole rings is 1. The molecule has 0 unspecified atom stereocenters. The third kappa shape index (κ3) is 5.42. The third-order valence-corrected chi connectivity index (χ3v) is 8.62. The Kier molecular flexibility index (Phi) is 8.08. The van der Waals surface area contributed by atoms with E-state index in [-0.39, 0.29) is 35.2 Å². The summed E-state index contributed by atoms with van der Waals surface area (Å²) in [6.07, 6.45) is 0.231. The van der Waals surface area contributed by atoms with Gasteiger partial charge in [0.1, 0.15) is 28.6 Å². The van der Waals surface area contributed by atoms with Crippen LogP contribution in [0, 0.1) is 0 Å². The lowest BCUT2D eigenvalue weighted by molar-refractivity contribution is 0.113. The number of hydrogen-bond donors (Lipinski definition) is 1. The number of halogens is 1. The van der Waals surface area contributed by atoms with E-state index in [9.17, 15) is 13.5 Å². The molecule has 40 heavy (non-hydrogen) atoms. The summed E-state index contributed by atoms with van der Waals surface area (Å²) in [4.78, 5) is 18.4. The van der Waals surface area contributed by atoms with Crippen molar-refractivity contribution in [1.82, 2.24) is 28.8 Å². The molecular weight excluding hydrogens is 560 g/mol. The fourth-order valence-electron chi connectivity index (χ4n) is 4.59. The van der Waals surface area contributed by atoms with E-state index in [1.54, 1.807) is 41.0 Å². The van der Waals surface area contributed by atoms with Gasteiger partial charge in [-0.25, -0.2) is 32.7 Å². The molecule has 1 aromatic carbocycles. The van der Waals surface area contributed by atoms with E-state index in [1.807, 2.05) is 6.92 Å². The van der Waals surface area contributed by atoms with Crippen molar-refractivity contribution in [1.29, 1.82) is 0 Å². The van der Waals surface area contributed by atoms with Crippen molar-refractivity contribution in [3.8, 4) is 34.6 Å². The molecule has 3 aromatic heterocycles. The van der Waals surface area contributed by atoms with E-state index in [0.29, 0.717) is 54.0 Å². The summed E-state index contributed by atoms with van der Waals surface area (Å²) in [5.41, 5.74) is 1.42. The third-order valence-electron chi connectivity index (χ3n) is 6.52. The van der Waals surface area contributed by atoms with E-state index in [4.69, 9.17) is 30.8 Å². The topological polar surface area (TPSA) is 142 Å². The largest absolute Gasteiger partial charge is 0.494 e. The number of nitrogens with zero attached hydrogens (tertiary/aromatic N) is 6. The molecule has 0 radical (unpaired) electrons. The second-order valence-corrected chi connectivity index (χ2v) is 11.4. The Morgan fingerprint density at radius 2 is 1.68 bits per heavy atom. The minimum Gasteiger partial charge on any atom is -0.494 e. The Morgan fingerprint density at radius 3 is 2.33 bits per heavy atom. The zero-order chi connectivity index (χ0) is 28.4. The standard InChI is InChI=1S/C26H29ClN6O6S/c1-4-39-21-10-5-7-17(28-21)25-31-24-26(33(25)22-19(37-2)8-6-9-20(22)38-3)29-18(23(27)30-24)15-40(35,36)32-13-11-16(34)12-14-32/h5-10,16,34H,4,11-15H2,1-3H3. The first-order valence-electron chi connectivity index (χ1n) is 12.7. The maximum atomic E-state index is 13.3. The van der Waals surface area contributed by atoms with Crippen molar-refractivity contribution in [2.45, 2.75) is 31.6 Å². The zero-order valence-electron chi connectivity index (χ0n) is 22.2. The summed E-state index contributed by atoms with van der Waals surface area (Å²) in [5.74, 6) is 1.20. The number of aliphatic hydroxyl groups excluding tert-OH is 1. The molecule has 14 heteroatoms. The number of fused-ring (bicyclic) bond motifs is 1. The maximum absolute atomic E-state index is 13.3. The van der Waals surface area contributed by atoms with Crippen LogP contribution in [-0.2, 0) is 15.8 Å². The fourth-order valence-corrected chi connectivity index (χ4v) is 6.35. The van der Waals surface area contributed by atoms with Crippen molar-refractivity contribution in [3.63, 3.8) is 0 Å². The quantitative estimate of drug-likeness (QED) is 0.309. The molecule has 0 amide bonds. The van der Waals surface area contributed by atoms with Gasteiger partial charge >= 0.3 is 0 Å². The molecule has 0 aliphatic carbocycles. The number of benzene rings is 1. The highest BCUT2D eigenvalue weighted by molar-refractivity contribution is 7.88. The Bertz CT molecular complexity index is 1620. The Balaban J connectivity index is 1.71. The number of aromatic nitrogens is 5. The van der Waals surface area contributed by atoms with Crippen LogP contribution in [0.3, 0.4) is 0 Å². The lowest BCUT2D eigenvalue weighted by atomic mass is 10.1. The van der Waals surface area contributed by atoms with Crippen LogP contribution in [0.5, 0.6) is 17.4 Å². The number of para-hydroxylation sites is 1. The van der Waals surface area contributed by atoms with Gasteiger partial charge in [-0.3, -0.25) is 4.57 Å². The van der Waals surface area contributed by atoms with Crippen molar-refractivity contribution >= 4 is 32.9 Å². The van der Waals surface area contributed by atoms with Gasteiger partial charge in [-0.2, -0.15) is 0 Å². The van der Waals surface area contributed by atoms with Gasteiger partial charge in [0, 0.05) is 19.2 Å². The smallest absolute Gasteiger partial charge is 0.219 e. The molecule has 12 nitrogen and oxygen atoms in total. The number of pyridine rings is 1. The zero-order valence-corrected chi connectivity index (χ0v) is 23.8. The summed E-state index contributed by atoms with van der Waals surface area (Å²) < 4.78 is 46.5. The van der Waals surface area contributed by atoms with Gasteiger partial charge in [0.15, 0.2) is 22.3 Å². The molecule has 1 aliphatic heterocycles. The van der Waals surface area contributed by atoms with E-state index in [0.717, 1.165) is 0 Å². The normalized spacial score (nSPS) is 14.9. The van der Waals surface area contributed by atoms with E-state index in [1.165, 1.54) is 18.5 Å². The predicted molar refractivity (Wildman–Crippen MR) is 149 cm³/mol. The Morgan fingerprint density at radius 1 is 1.00 bits per heavy atom. The first kappa shape index (κ1) is 28.0. The lowest BCUT2D eigenvalue weighted by Gasteiger charge is -2.28. The van der Waals surface area contributed by atoms with Gasteiger partial charge < -0.3 is 19.3 Å². The van der Waals surface area contributed by atoms with E-state index in [2.05, 4.69) is 15.0 Å². The number of ether oxygens (including phenoxy) is 3. The van der Waals surface area contributed by atoms with Gasteiger partial charge in [0.25, 0.3) is 0 Å². The molecule has 1 saturated heterocycles. The average molecular weight is 589 g/mol. The van der Waals surface area contributed by atoms with Crippen molar-refractivity contribution < 1.29 is 27.7 Å². The SMILES string of the molecule is CCOc1cccc(-c2nc3nc(Cl)c(CS(=O)(=O)N4CCC(O)CC4)nc3n2-c2c(OC)cccc2OC)n1. The highest BCUT2D eigenvalue weighted by atomic mass is 35.5. The van der Waals surface area contributed by atoms with Crippen LogP contribution in [0.25, 0.3) is 28.5 Å². The first-order chi connectivity index (χ1) is 19.2. The number of methoxy groups -OCH3 is 2. The van der Waals surface area contributed by atoms with Gasteiger partial charge in [0.2, 0.25) is 15.9 Å². The van der Waals surface area contributed by atoms with Crippen LogP contribution in [0.15, 0.2) is 36.4 Å². The second-order valence-electron chi connectivity index (χ2n) is 9.07. The average Bonchev–Trinajstić information content (AvgIpc) is 3.30. The highest BCUT2D eigenvalue weighted by Gasteiger charge is 2.30. The molecule has 1 aliphatic rings. The molecule has 0 atom stereocenters. The lowest BCUT2D eigenvalue weighted by Crippen LogP contribution is -2.40. The van der Waals surface area contributed by atoms with Gasteiger partial charge in [-0.15, -0.1) is 0 Å². The molecule has 0 spiro atoms. The predicted octanol–water partition coefficient (Wildman–Crippen LogP) is 3.23. The maximum Gasteiger partial charge on any atom is 0.219 e. The van der Waals surface area contributed by atoms with Crippen LogP contribution in [0.2, 0.25) is 5.15 Å². The summed E-state index contributed by atoms with van der Waals surface area (Å²) in [6, 6.07) is 10.6. The van der Waals surface area contributed by atoms with Crippen LogP contribution < -0.4 is 14.2 Å². The Hall–Kier alpha value is -3.52. The first-order valence-corrected chi connectivity index (χ1v) is 14.7. The van der Waals surface area contributed by atoms with Crippen LogP contribution >= 0.6 is 11.6 Å². The number of aliphatic hydroxyl groups is 1. The molecule has 212 valence electrons. The summed E-state index contributed by atoms with van der Waals surface area (Å²) in [5, 5.41) is 9.73. The molecular formula is C26H29ClN6O6S. The minimum absolute atomic E-state index is 0.0675. The van der Waals surface area contributed by atoms with E-state index >= 15 is 0 Å². The van der Waals surface area contributed by atoms with Crippen LogP contribution in [0.4, 0.5) is 0 Å². The highest BCUT2D eigenvalue weighted by Crippen LogP contribution is 2.38. The molecule has 4 aromatic rings. The molecule has 5 rings (SSSR count). The summed E-state index contributed by atoms with van der Waals surface area (Å²) in [6.45, 7) is 2.73. The molecule has 1 fully saturated rings. The summed E-state index contributed by atoms with van der Waals surface area (Å²) >= 11 is 6.48. The van der Waals surface area contributed by atoms with Crippen molar-refractivity contribution in [2.75, 3.05) is 33.9 Å². The van der Waals surface area contributed by atoms with Gasteiger partial charge in [-0.05, 0) is 38.0 Å². The number of hydrogen-bond acceptors (Lipinski definition) is 10. The summed E-state index contributed by atoms with van der Waals surface area (Å²) in [7, 11) is -0.726. The van der Waals surface area contributed by atoms with Crippen molar-refractivity contribution in [2.24, 2.45) is 0 Å². The molecule has 0 bridgehead atoms. The Labute approximate surface area is 236 Å². The van der Waals surface area contributed by atoms with Crippen molar-refractivity contribution in [3.05, 3.63) is 47.2 Å². The molecule has 4 heterocycles. The van der Waals surface area contributed by atoms with Crippen LogP contribution in [-0.4, -0.2) is 82.4 Å². The number of rotatable bonds is 9. The minimum atomic E-state index is -3.78. The number of piperidine rings is 1. The molecule has 0 saturated carbocycles.